The lowest BCUT2D eigenvalue weighted by molar-refractivity contribution is 0.198. The number of methoxy groups -OCH3 is 1. The van der Waals surface area contributed by atoms with Crippen LogP contribution in [0.4, 0.5) is 5.69 Å². The Hall–Kier alpha value is -2.20. The van der Waals surface area contributed by atoms with Crippen molar-refractivity contribution >= 4 is 30.5 Å². The molecule has 30 heavy (non-hydrogen) atoms. The van der Waals surface area contributed by atoms with Crippen LogP contribution < -0.4 is 9.64 Å². The Kier molecular flexibility index (Phi) is 9.04. The zero-order chi connectivity index (χ0) is 19.3. The molecule has 0 bridgehead atoms. The molecule has 1 atom stereocenters. The third-order valence-corrected chi connectivity index (χ3v) is 5.76. The summed E-state index contributed by atoms with van der Waals surface area (Å²) in [7, 11) is 1.75. The van der Waals surface area contributed by atoms with Crippen LogP contribution in [0.5, 0.6) is 5.75 Å². The van der Waals surface area contributed by atoms with Crippen LogP contribution in [0, 0.1) is 0 Å². The van der Waals surface area contributed by atoms with Crippen molar-refractivity contribution in [1.82, 2.24) is 4.90 Å². The standard InChI is InChI=1S/C25H28N2O.2ClH/c1-20(22-11-8-12-23(19-22)21-9-4-3-5-10-21)26-15-17-27(18-16-26)24-13-6-7-14-25(24)28-2;;/h3-14,19-20H,15-18H2,1-2H3;2*1H. The molecule has 0 aromatic heterocycles. The van der Waals surface area contributed by atoms with Gasteiger partial charge in [-0.15, -0.1) is 24.8 Å². The topological polar surface area (TPSA) is 15.7 Å². The first-order valence-electron chi connectivity index (χ1n) is 10.0. The van der Waals surface area contributed by atoms with Gasteiger partial charge in [-0.25, -0.2) is 0 Å². The summed E-state index contributed by atoms with van der Waals surface area (Å²) in [5.74, 6) is 0.958. The molecule has 0 N–H and O–H groups in total. The lowest BCUT2D eigenvalue weighted by Crippen LogP contribution is -2.47. The molecular weight excluding hydrogens is 415 g/mol. The summed E-state index contributed by atoms with van der Waals surface area (Å²) < 4.78 is 5.54. The fourth-order valence-electron chi connectivity index (χ4n) is 4.06. The highest BCUT2D eigenvalue weighted by Gasteiger charge is 2.23. The van der Waals surface area contributed by atoms with Gasteiger partial charge in [0, 0.05) is 32.2 Å². The van der Waals surface area contributed by atoms with Crippen molar-refractivity contribution in [3.8, 4) is 16.9 Å². The second kappa shape index (κ2) is 11.3. The number of piperazine rings is 1. The number of hydrogen-bond donors (Lipinski definition) is 0. The number of nitrogens with zero attached hydrogens (tertiary/aromatic N) is 2. The van der Waals surface area contributed by atoms with Gasteiger partial charge in [0.05, 0.1) is 12.8 Å². The van der Waals surface area contributed by atoms with E-state index in [9.17, 15) is 0 Å². The van der Waals surface area contributed by atoms with Crippen LogP contribution >= 0.6 is 24.8 Å². The number of anilines is 1. The zero-order valence-corrected chi connectivity index (χ0v) is 19.2. The molecule has 1 aliphatic rings. The Labute approximate surface area is 192 Å². The predicted octanol–water partition coefficient (Wildman–Crippen LogP) is 6.09. The third kappa shape index (κ3) is 5.28. The monoisotopic (exact) mass is 444 g/mol. The maximum absolute atomic E-state index is 5.54. The molecule has 1 aliphatic heterocycles. The van der Waals surface area contributed by atoms with E-state index in [1.54, 1.807) is 7.11 Å². The summed E-state index contributed by atoms with van der Waals surface area (Å²) in [5, 5.41) is 0. The molecule has 0 saturated carbocycles. The average molecular weight is 445 g/mol. The summed E-state index contributed by atoms with van der Waals surface area (Å²) in [4.78, 5) is 5.01. The molecule has 3 nitrogen and oxygen atoms in total. The van der Waals surface area contributed by atoms with E-state index in [1.165, 1.54) is 22.4 Å². The number of hydrogen-bond acceptors (Lipinski definition) is 3. The van der Waals surface area contributed by atoms with Crippen LogP contribution in [0.25, 0.3) is 11.1 Å². The second-order valence-electron chi connectivity index (χ2n) is 7.36. The minimum atomic E-state index is 0. The van der Waals surface area contributed by atoms with Crippen LogP contribution in [0.15, 0.2) is 78.9 Å². The van der Waals surface area contributed by atoms with Gasteiger partial charge in [0.2, 0.25) is 0 Å². The highest BCUT2D eigenvalue weighted by Crippen LogP contribution is 2.31. The minimum Gasteiger partial charge on any atom is -0.495 e. The van der Waals surface area contributed by atoms with Crippen molar-refractivity contribution in [2.45, 2.75) is 13.0 Å². The molecule has 3 aromatic carbocycles. The van der Waals surface area contributed by atoms with Gasteiger partial charge < -0.3 is 9.64 Å². The first-order chi connectivity index (χ1) is 13.8. The van der Waals surface area contributed by atoms with E-state index >= 15 is 0 Å². The van der Waals surface area contributed by atoms with E-state index in [0.717, 1.165) is 31.9 Å². The van der Waals surface area contributed by atoms with Crippen LogP contribution in [-0.2, 0) is 0 Å². The maximum atomic E-state index is 5.54. The number of halogens is 2. The number of benzene rings is 3. The van der Waals surface area contributed by atoms with E-state index in [-0.39, 0.29) is 24.8 Å². The molecule has 1 heterocycles. The van der Waals surface area contributed by atoms with Crippen molar-refractivity contribution in [2.24, 2.45) is 0 Å². The summed E-state index contributed by atoms with van der Waals surface area (Å²) in [6.07, 6.45) is 0. The van der Waals surface area contributed by atoms with Crippen LogP contribution in [0.1, 0.15) is 18.5 Å². The molecule has 1 saturated heterocycles. The van der Waals surface area contributed by atoms with Gasteiger partial charge in [0.15, 0.2) is 0 Å². The van der Waals surface area contributed by atoms with Crippen molar-refractivity contribution in [3.05, 3.63) is 84.4 Å². The average Bonchev–Trinajstić information content (AvgIpc) is 2.79. The lowest BCUT2D eigenvalue weighted by atomic mass is 9.99. The number of ether oxygens (including phenoxy) is 1. The van der Waals surface area contributed by atoms with E-state index in [1.807, 2.05) is 12.1 Å². The summed E-state index contributed by atoms with van der Waals surface area (Å²) in [5.41, 5.74) is 5.14. The van der Waals surface area contributed by atoms with Gasteiger partial charge in [0.25, 0.3) is 0 Å². The molecule has 4 rings (SSSR count). The molecule has 0 aliphatic carbocycles. The Morgan fingerprint density at radius 3 is 2.07 bits per heavy atom. The molecule has 5 heteroatoms. The van der Waals surface area contributed by atoms with Crippen molar-refractivity contribution in [2.75, 3.05) is 38.2 Å². The SMILES string of the molecule is COc1ccccc1N1CCN(C(C)c2cccc(-c3ccccc3)c2)CC1.Cl.Cl. The maximum Gasteiger partial charge on any atom is 0.142 e. The molecule has 0 amide bonds. The van der Waals surface area contributed by atoms with E-state index in [4.69, 9.17) is 4.74 Å². The Morgan fingerprint density at radius 1 is 0.733 bits per heavy atom. The van der Waals surface area contributed by atoms with Crippen molar-refractivity contribution in [1.29, 1.82) is 0 Å². The molecule has 1 unspecified atom stereocenters. The van der Waals surface area contributed by atoms with Gasteiger partial charge in [-0.1, -0.05) is 60.7 Å². The first kappa shape index (κ1) is 24.1. The van der Waals surface area contributed by atoms with Gasteiger partial charge in [0.1, 0.15) is 5.75 Å². The Bertz CT molecular complexity index is 912. The molecular formula is C25H30Cl2N2O. The van der Waals surface area contributed by atoms with Crippen molar-refractivity contribution < 1.29 is 4.74 Å². The van der Waals surface area contributed by atoms with Gasteiger partial charge in [-0.2, -0.15) is 0 Å². The minimum absolute atomic E-state index is 0. The largest absolute Gasteiger partial charge is 0.495 e. The van der Waals surface area contributed by atoms with E-state index in [2.05, 4.69) is 83.5 Å². The summed E-state index contributed by atoms with van der Waals surface area (Å²) in [6, 6.07) is 28.3. The second-order valence-corrected chi connectivity index (χ2v) is 7.36. The molecule has 0 radical (unpaired) electrons. The highest BCUT2D eigenvalue weighted by molar-refractivity contribution is 5.85. The molecule has 1 fully saturated rings. The normalized spacial score (nSPS) is 14.9. The fourth-order valence-corrected chi connectivity index (χ4v) is 4.06. The summed E-state index contributed by atoms with van der Waals surface area (Å²) in [6.45, 7) is 6.46. The molecule has 0 spiro atoms. The predicted molar refractivity (Wildman–Crippen MR) is 132 cm³/mol. The summed E-state index contributed by atoms with van der Waals surface area (Å²) >= 11 is 0. The van der Waals surface area contributed by atoms with Crippen LogP contribution in [0.3, 0.4) is 0 Å². The smallest absolute Gasteiger partial charge is 0.142 e. The Morgan fingerprint density at radius 2 is 1.37 bits per heavy atom. The molecule has 3 aromatic rings. The fraction of sp³-hybridized carbons (Fsp3) is 0.280. The van der Waals surface area contributed by atoms with Crippen LogP contribution in [-0.4, -0.2) is 38.2 Å². The van der Waals surface area contributed by atoms with E-state index in [0.29, 0.717) is 6.04 Å². The quantitative estimate of drug-likeness (QED) is 0.473. The van der Waals surface area contributed by atoms with Crippen LogP contribution in [0.2, 0.25) is 0 Å². The first-order valence-corrected chi connectivity index (χ1v) is 10.0. The van der Waals surface area contributed by atoms with Gasteiger partial charge >= 0.3 is 0 Å². The third-order valence-electron chi connectivity index (χ3n) is 5.76. The molecule has 160 valence electrons. The van der Waals surface area contributed by atoms with Gasteiger partial charge in [-0.05, 0) is 41.8 Å². The van der Waals surface area contributed by atoms with E-state index < -0.39 is 0 Å². The Balaban J connectivity index is 0.00000160. The number of para-hydroxylation sites is 2. The lowest BCUT2D eigenvalue weighted by Gasteiger charge is -2.39. The van der Waals surface area contributed by atoms with Crippen molar-refractivity contribution in [3.63, 3.8) is 0 Å². The zero-order valence-electron chi connectivity index (χ0n) is 17.5. The number of rotatable bonds is 5. The van der Waals surface area contributed by atoms with Gasteiger partial charge in [-0.3, -0.25) is 4.90 Å². The highest BCUT2D eigenvalue weighted by atomic mass is 35.5.